The summed E-state index contributed by atoms with van der Waals surface area (Å²) < 4.78 is 13.7. The number of aromatic amines is 3. The van der Waals surface area contributed by atoms with Gasteiger partial charge in [-0.3, -0.25) is 5.10 Å². The van der Waals surface area contributed by atoms with Crippen LogP contribution in [0.2, 0.25) is 0 Å². The van der Waals surface area contributed by atoms with Gasteiger partial charge in [-0.05, 0) is 48.7 Å². The highest BCUT2D eigenvalue weighted by Crippen LogP contribution is 2.37. The summed E-state index contributed by atoms with van der Waals surface area (Å²) in [5.41, 5.74) is 2.98. The van der Waals surface area contributed by atoms with E-state index in [9.17, 15) is 9.18 Å². The monoisotopic (exact) mass is 378 g/mol. The van der Waals surface area contributed by atoms with Gasteiger partial charge in [0, 0.05) is 18.2 Å². The van der Waals surface area contributed by atoms with E-state index in [-0.39, 0.29) is 11.5 Å². The summed E-state index contributed by atoms with van der Waals surface area (Å²) in [4.78, 5) is 23.8. The number of aromatic nitrogens is 5. The first-order chi connectivity index (χ1) is 13.6. The minimum Gasteiger partial charge on any atom is -0.360 e. The summed E-state index contributed by atoms with van der Waals surface area (Å²) in [6.07, 6.45) is 2.28. The highest BCUT2D eigenvalue weighted by molar-refractivity contribution is 5.79. The van der Waals surface area contributed by atoms with E-state index in [1.54, 1.807) is 6.07 Å². The van der Waals surface area contributed by atoms with E-state index in [1.165, 1.54) is 12.1 Å². The van der Waals surface area contributed by atoms with E-state index >= 15 is 0 Å². The van der Waals surface area contributed by atoms with E-state index in [2.05, 4.69) is 30.0 Å². The molecule has 1 aliphatic carbocycles. The lowest BCUT2D eigenvalue weighted by Crippen LogP contribution is -2.23. The fourth-order valence-corrected chi connectivity index (χ4v) is 3.40. The van der Waals surface area contributed by atoms with Gasteiger partial charge in [0.15, 0.2) is 5.82 Å². The van der Waals surface area contributed by atoms with E-state index < -0.39 is 0 Å². The second kappa shape index (κ2) is 6.63. The summed E-state index contributed by atoms with van der Waals surface area (Å²) in [6.45, 7) is 0.994. The maximum absolute atomic E-state index is 13.7. The van der Waals surface area contributed by atoms with Crippen LogP contribution in [0.1, 0.15) is 36.0 Å². The summed E-state index contributed by atoms with van der Waals surface area (Å²) in [5, 5.41) is 7.35. The van der Waals surface area contributed by atoms with Crippen molar-refractivity contribution in [2.45, 2.75) is 31.8 Å². The van der Waals surface area contributed by atoms with Crippen LogP contribution in [0.25, 0.3) is 11.0 Å². The zero-order valence-corrected chi connectivity index (χ0v) is 15.1. The Hall–Kier alpha value is -3.42. The van der Waals surface area contributed by atoms with Crippen molar-refractivity contribution in [1.82, 2.24) is 25.1 Å². The Morgan fingerprint density at radius 2 is 1.93 bits per heavy atom. The van der Waals surface area contributed by atoms with E-state index in [0.717, 1.165) is 46.8 Å². The molecular formula is C20H19FN6O. The fourth-order valence-electron chi connectivity index (χ4n) is 3.40. The molecule has 5 rings (SSSR count). The molecule has 0 saturated heterocycles. The summed E-state index contributed by atoms with van der Waals surface area (Å²) in [5.74, 6) is 1.84. The zero-order chi connectivity index (χ0) is 19.1. The Balaban J connectivity index is 1.48. The zero-order valence-electron chi connectivity index (χ0n) is 15.1. The smallest absolute Gasteiger partial charge is 0.323 e. The molecular weight excluding hydrogens is 359 g/mol. The van der Waals surface area contributed by atoms with Crippen molar-refractivity contribution in [2.75, 3.05) is 4.90 Å². The summed E-state index contributed by atoms with van der Waals surface area (Å²) in [7, 11) is 0. The van der Waals surface area contributed by atoms with Crippen molar-refractivity contribution in [1.29, 1.82) is 0 Å². The Morgan fingerprint density at radius 1 is 1.07 bits per heavy atom. The lowest BCUT2D eigenvalue weighted by Gasteiger charge is -2.24. The SMILES string of the molecule is O=c1[nH]c2ccc(N(Cc3cccc(F)c3)Cc3nc(C4CC4)n[nH]3)cc2[nH]1. The largest absolute Gasteiger partial charge is 0.360 e. The van der Waals surface area contributed by atoms with Gasteiger partial charge in [0.2, 0.25) is 0 Å². The van der Waals surface area contributed by atoms with Gasteiger partial charge in [-0.1, -0.05) is 12.1 Å². The first-order valence-electron chi connectivity index (χ1n) is 9.27. The van der Waals surface area contributed by atoms with Crippen LogP contribution >= 0.6 is 0 Å². The number of nitrogens with zero attached hydrogens (tertiary/aromatic N) is 3. The molecule has 0 amide bonds. The summed E-state index contributed by atoms with van der Waals surface area (Å²) in [6, 6.07) is 12.3. The molecule has 3 N–H and O–H groups in total. The minimum absolute atomic E-state index is 0.242. The Kier molecular flexibility index (Phi) is 3.96. The van der Waals surface area contributed by atoms with Crippen LogP contribution in [0.15, 0.2) is 47.3 Å². The molecule has 0 bridgehead atoms. The second-order valence-corrected chi connectivity index (χ2v) is 7.21. The average molecular weight is 378 g/mol. The van der Waals surface area contributed by atoms with Crippen LogP contribution < -0.4 is 10.6 Å². The Bertz CT molecular complexity index is 1190. The molecule has 4 aromatic rings. The third-order valence-electron chi connectivity index (χ3n) is 4.96. The number of hydrogen-bond donors (Lipinski definition) is 3. The quantitative estimate of drug-likeness (QED) is 0.480. The number of benzene rings is 2. The lowest BCUT2D eigenvalue weighted by atomic mass is 10.2. The lowest BCUT2D eigenvalue weighted by molar-refractivity contribution is 0.624. The molecule has 2 aromatic carbocycles. The van der Waals surface area contributed by atoms with Gasteiger partial charge >= 0.3 is 5.69 Å². The number of anilines is 1. The van der Waals surface area contributed by atoms with E-state index in [1.807, 2.05) is 24.3 Å². The van der Waals surface area contributed by atoms with Crippen LogP contribution in [0, 0.1) is 5.82 Å². The van der Waals surface area contributed by atoms with Crippen molar-refractivity contribution in [2.24, 2.45) is 0 Å². The van der Waals surface area contributed by atoms with Crippen LogP contribution in [-0.2, 0) is 13.1 Å². The maximum atomic E-state index is 13.7. The Morgan fingerprint density at radius 3 is 2.75 bits per heavy atom. The van der Waals surface area contributed by atoms with Crippen molar-refractivity contribution in [3.63, 3.8) is 0 Å². The molecule has 0 aliphatic heterocycles. The van der Waals surface area contributed by atoms with Gasteiger partial charge in [-0.2, -0.15) is 5.10 Å². The Labute approximate surface area is 159 Å². The van der Waals surface area contributed by atoms with Gasteiger partial charge < -0.3 is 14.9 Å². The molecule has 0 spiro atoms. The van der Waals surface area contributed by atoms with Crippen LogP contribution in [0.3, 0.4) is 0 Å². The number of H-pyrrole nitrogens is 3. The summed E-state index contributed by atoms with van der Waals surface area (Å²) >= 11 is 0. The van der Waals surface area contributed by atoms with Crippen molar-refractivity contribution >= 4 is 16.7 Å². The highest BCUT2D eigenvalue weighted by atomic mass is 19.1. The minimum atomic E-state index is -0.265. The number of nitrogens with one attached hydrogen (secondary N) is 3. The van der Waals surface area contributed by atoms with Crippen molar-refractivity contribution < 1.29 is 4.39 Å². The van der Waals surface area contributed by atoms with Gasteiger partial charge in [0.25, 0.3) is 0 Å². The molecule has 0 unspecified atom stereocenters. The normalized spacial score (nSPS) is 13.9. The number of imidazole rings is 1. The van der Waals surface area contributed by atoms with Gasteiger partial charge in [0.05, 0.1) is 17.6 Å². The third kappa shape index (κ3) is 3.40. The highest BCUT2D eigenvalue weighted by Gasteiger charge is 2.28. The van der Waals surface area contributed by atoms with Crippen LogP contribution in [0.5, 0.6) is 0 Å². The maximum Gasteiger partial charge on any atom is 0.323 e. The molecule has 1 saturated carbocycles. The third-order valence-corrected chi connectivity index (χ3v) is 4.96. The molecule has 28 heavy (non-hydrogen) atoms. The molecule has 1 aliphatic rings. The topological polar surface area (TPSA) is 93.5 Å². The molecule has 0 atom stereocenters. The molecule has 1 fully saturated rings. The van der Waals surface area contributed by atoms with Crippen LogP contribution in [-0.4, -0.2) is 25.1 Å². The molecule has 2 heterocycles. The first kappa shape index (κ1) is 16.7. The average Bonchev–Trinajstić information content (AvgIpc) is 3.30. The first-order valence-corrected chi connectivity index (χ1v) is 9.27. The predicted molar refractivity (Wildman–Crippen MR) is 104 cm³/mol. The number of halogens is 1. The molecule has 8 heteroatoms. The van der Waals surface area contributed by atoms with Gasteiger partial charge in [-0.25, -0.2) is 14.2 Å². The van der Waals surface area contributed by atoms with Crippen molar-refractivity contribution in [3.8, 4) is 0 Å². The molecule has 7 nitrogen and oxygen atoms in total. The number of rotatable bonds is 6. The molecule has 2 aromatic heterocycles. The van der Waals surface area contributed by atoms with Gasteiger partial charge in [0.1, 0.15) is 11.6 Å². The van der Waals surface area contributed by atoms with Gasteiger partial charge in [-0.15, -0.1) is 0 Å². The van der Waals surface area contributed by atoms with Crippen LogP contribution in [0.4, 0.5) is 10.1 Å². The van der Waals surface area contributed by atoms with Crippen molar-refractivity contribution in [3.05, 3.63) is 76.0 Å². The molecule has 0 radical (unpaired) electrons. The van der Waals surface area contributed by atoms with E-state index in [4.69, 9.17) is 0 Å². The standard InChI is InChI=1S/C20H19FN6O/c21-14-3-1-2-12(8-14)10-27(11-18-24-19(26-25-18)13-4-5-13)15-6-7-16-17(9-15)23-20(28)22-16/h1-3,6-9,13H,4-5,10-11H2,(H2,22,23,28)(H,24,25,26). The number of fused-ring (bicyclic) bond motifs is 1. The fraction of sp³-hybridized carbons (Fsp3) is 0.250. The number of hydrogen-bond acceptors (Lipinski definition) is 4. The van der Waals surface area contributed by atoms with E-state index in [0.29, 0.717) is 19.0 Å². The predicted octanol–water partition coefficient (Wildman–Crippen LogP) is 3.20. The molecule has 142 valence electrons. The second-order valence-electron chi connectivity index (χ2n) is 7.21.